The number of benzene rings is 7. The summed E-state index contributed by atoms with van der Waals surface area (Å²) in [6.45, 7) is 0. The van der Waals surface area contributed by atoms with Crippen LogP contribution in [0, 0.1) is 0 Å². The summed E-state index contributed by atoms with van der Waals surface area (Å²) in [6, 6.07) is 54.4. The molecule has 0 radical (unpaired) electrons. The molecule has 2 heterocycles. The van der Waals surface area contributed by atoms with E-state index in [0.29, 0.717) is 17.5 Å². The molecule has 0 aliphatic carbocycles. The summed E-state index contributed by atoms with van der Waals surface area (Å²) in [4.78, 5) is 15.3. The molecule has 4 nitrogen and oxygen atoms in total. The molecule has 226 valence electrons. The second kappa shape index (κ2) is 11.7. The van der Waals surface area contributed by atoms with Gasteiger partial charge in [0.15, 0.2) is 0 Å². The fourth-order valence-corrected chi connectivity index (χ4v) is 7.28. The van der Waals surface area contributed by atoms with Crippen LogP contribution in [0.5, 0.6) is 0 Å². The maximum atomic E-state index is 6.22. The van der Waals surface area contributed by atoms with Gasteiger partial charge in [0.1, 0.15) is 0 Å². The molecule has 5 heteroatoms. The van der Waals surface area contributed by atoms with Crippen LogP contribution >= 0.6 is 0 Å². The molecule has 0 saturated heterocycles. The fraction of sp³-hybridized carbons (Fsp3) is 0. The summed E-state index contributed by atoms with van der Waals surface area (Å²) < 4.78 is 7.26. The van der Waals surface area contributed by atoms with E-state index >= 15 is 0 Å². The Morgan fingerprint density at radius 1 is 0.396 bits per heavy atom. The van der Waals surface area contributed by atoms with E-state index in [2.05, 4.69) is 113 Å². The van der Waals surface area contributed by atoms with E-state index in [-0.39, 0.29) is 0 Å². The second-order valence-electron chi connectivity index (χ2n) is 11.8. The van der Waals surface area contributed by atoms with Crippen molar-refractivity contribution in [3.63, 3.8) is 0 Å². The number of hydrogen-bond acceptors (Lipinski definition) is 4. The molecule has 0 atom stereocenters. The van der Waals surface area contributed by atoms with Gasteiger partial charge in [0.25, 0.3) is 0 Å². The Hall–Kier alpha value is -5.87. The zero-order valence-electron chi connectivity index (χ0n) is 25.7. The monoisotopic (exact) mass is 681 g/mol. The van der Waals surface area contributed by atoms with Crippen molar-refractivity contribution in [1.29, 1.82) is 0 Å². The molecule has 9 aromatic rings. The third kappa shape index (κ3) is 4.98. The molecule has 0 aliphatic heterocycles. The molecule has 0 bridgehead atoms. The van der Waals surface area contributed by atoms with Gasteiger partial charge in [0.2, 0.25) is 0 Å². The Bertz CT molecular complexity index is 2650. The minimum absolute atomic E-state index is 0.603. The van der Waals surface area contributed by atoms with Crippen molar-refractivity contribution in [3.8, 4) is 56.4 Å². The van der Waals surface area contributed by atoms with E-state index in [0.717, 1.165) is 54.2 Å². The molecule has 7 aromatic carbocycles. The van der Waals surface area contributed by atoms with Gasteiger partial charge < -0.3 is 0 Å². The van der Waals surface area contributed by atoms with Crippen LogP contribution in [-0.2, 0) is 0 Å². The Labute approximate surface area is 285 Å². The first-order valence-electron chi connectivity index (χ1n) is 15.8. The van der Waals surface area contributed by atoms with E-state index in [4.69, 9.17) is 19.4 Å². The van der Waals surface area contributed by atoms with Crippen molar-refractivity contribution >= 4 is 53.2 Å². The second-order valence-corrected chi connectivity index (χ2v) is 12.7. The van der Waals surface area contributed by atoms with Gasteiger partial charge >= 0.3 is 287 Å². The number of fused-ring (bicyclic) bond motifs is 4. The van der Waals surface area contributed by atoms with Crippen molar-refractivity contribution in [1.82, 2.24) is 15.0 Å². The van der Waals surface area contributed by atoms with Crippen LogP contribution in [0.2, 0.25) is 0 Å². The van der Waals surface area contributed by atoms with E-state index in [9.17, 15) is 0 Å². The average molecular weight is 681 g/mol. The van der Waals surface area contributed by atoms with Crippen molar-refractivity contribution in [2.24, 2.45) is 0 Å². The summed E-state index contributed by atoms with van der Waals surface area (Å²) in [6.07, 6.45) is 0. The average Bonchev–Trinajstić information content (AvgIpc) is 3.54. The molecular weight excluding hydrogens is 653 g/mol. The SMILES string of the molecule is [SeH]c1c(-c2cccc(-c3ccc4ccccc4c3)c2)cccc1-c1nc(-c2ccccc2)nc(-c2cccc3oc4ccccc4c23)n1. The molecule has 9 rings (SSSR count). The molecule has 0 unspecified atom stereocenters. The summed E-state index contributed by atoms with van der Waals surface area (Å²) in [5, 5.41) is 4.50. The van der Waals surface area contributed by atoms with Crippen LogP contribution in [0.15, 0.2) is 162 Å². The predicted molar refractivity (Wildman–Crippen MR) is 199 cm³/mol. The first kappa shape index (κ1) is 28.4. The van der Waals surface area contributed by atoms with E-state index < -0.39 is 0 Å². The van der Waals surface area contributed by atoms with Gasteiger partial charge in [-0.25, -0.2) is 0 Å². The summed E-state index contributed by atoms with van der Waals surface area (Å²) >= 11 is 2.76. The van der Waals surface area contributed by atoms with E-state index in [1.807, 2.05) is 60.7 Å². The number of aromatic nitrogens is 3. The summed E-state index contributed by atoms with van der Waals surface area (Å²) in [5.74, 6) is 1.84. The van der Waals surface area contributed by atoms with Gasteiger partial charge in [0.05, 0.1) is 0 Å². The normalized spacial score (nSPS) is 11.4. The van der Waals surface area contributed by atoms with Crippen LogP contribution in [-0.4, -0.2) is 31.0 Å². The first-order chi connectivity index (χ1) is 23.7. The first-order valence-corrected chi connectivity index (χ1v) is 16.8. The van der Waals surface area contributed by atoms with Gasteiger partial charge in [-0.2, -0.15) is 0 Å². The molecule has 0 N–H and O–H groups in total. The number of rotatable bonds is 5. The Morgan fingerprint density at radius 3 is 1.90 bits per heavy atom. The Kier molecular flexibility index (Phi) is 6.93. The molecule has 48 heavy (non-hydrogen) atoms. The van der Waals surface area contributed by atoms with Crippen LogP contribution in [0.4, 0.5) is 0 Å². The molecule has 0 fully saturated rings. The predicted octanol–water partition coefficient (Wildman–Crippen LogP) is 9.79. The van der Waals surface area contributed by atoms with Gasteiger partial charge in [-0.05, 0) is 0 Å². The Balaban J connectivity index is 1.20. The van der Waals surface area contributed by atoms with Crippen LogP contribution < -0.4 is 4.46 Å². The van der Waals surface area contributed by atoms with Gasteiger partial charge in [-0.15, -0.1) is 0 Å². The van der Waals surface area contributed by atoms with Crippen molar-refractivity contribution in [3.05, 3.63) is 158 Å². The van der Waals surface area contributed by atoms with Crippen molar-refractivity contribution in [2.45, 2.75) is 0 Å². The number of para-hydroxylation sites is 1. The molecule has 0 aliphatic rings. The van der Waals surface area contributed by atoms with Crippen LogP contribution in [0.1, 0.15) is 0 Å². The standard InChI is InChI=1S/C43H27N3OSe/c48-40-33(32-16-8-15-30(26-32)31-24-23-27-11-4-5-14-29(27)25-31)18-9-20-36(40)43-45-41(28-12-2-1-3-13-28)44-42(46-43)35-19-10-22-38-39(35)34-17-6-7-21-37(34)47-38/h1-26,48H. The third-order valence-corrected chi connectivity index (χ3v) is 9.86. The molecule has 0 saturated carbocycles. The van der Waals surface area contributed by atoms with Crippen LogP contribution in [0.3, 0.4) is 0 Å². The fourth-order valence-electron chi connectivity index (χ4n) is 6.49. The third-order valence-electron chi connectivity index (χ3n) is 8.84. The van der Waals surface area contributed by atoms with E-state index in [1.54, 1.807) is 0 Å². The summed E-state index contributed by atoms with van der Waals surface area (Å²) in [7, 11) is 0. The number of furan rings is 1. The Morgan fingerprint density at radius 2 is 1.00 bits per heavy atom. The summed E-state index contributed by atoms with van der Waals surface area (Å²) in [5.41, 5.74) is 9.02. The van der Waals surface area contributed by atoms with Gasteiger partial charge in [0, 0.05) is 0 Å². The topological polar surface area (TPSA) is 51.8 Å². The number of nitrogens with zero attached hydrogens (tertiary/aromatic N) is 3. The van der Waals surface area contributed by atoms with Gasteiger partial charge in [-0.1, -0.05) is 0 Å². The molecule has 0 amide bonds. The molecule has 0 spiro atoms. The minimum atomic E-state index is 0.603. The van der Waals surface area contributed by atoms with Crippen molar-refractivity contribution < 1.29 is 4.42 Å². The molecular formula is C43H27N3OSe. The zero-order valence-corrected chi connectivity index (χ0v) is 27.6. The zero-order chi connectivity index (χ0) is 32.0. The maximum absolute atomic E-state index is 6.22. The quantitative estimate of drug-likeness (QED) is 0.170. The van der Waals surface area contributed by atoms with Crippen molar-refractivity contribution in [2.75, 3.05) is 0 Å². The van der Waals surface area contributed by atoms with Crippen LogP contribution in [0.25, 0.3) is 89.1 Å². The number of hydrogen-bond donors (Lipinski definition) is 0. The molecule has 2 aromatic heterocycles. The van der Waals surface area contributed by atoms with Gasteiger partial charge in [-0.3, -0.25) is 0 Å². The van der Waals surface area contributed by atoms with E-state index in [1.165, 1.54) is 21.9 Å².